The summed E-state index contributed by atoms with van der Waals surface area (Å²) in [5, 5.41) is 6.35. The van der Waals surface area contributed by atoms with Crippen molar-refractivity contribution >= 4 is 17.3 Å². The van der Waals surface area contributed by atoms with E-state index < -0.39 is 0 Å². The molecule has 0 saturated heterocycles. The van der Waals surface area contributed by atoms with Crippen molar-refractivity contribution < 1.29 is 4.39 Å². The monoisotopic (exact) mass is 285 g/mol. The molecule has 6 heteroatoms. The van der Waals surface area contributed by atoms with Gasteiger partial charge in [-0.2, -0.15) is 0 Å². The van der Waals surface area contributed by atoms with Gasteiger partial charge in [0.15, 0.2) is 11.5 Å². The fourth-order valence-corrected chi connectivity index (χ4v) is 2.19. The Kier molecular flexibility index (Phi) is 3.43. The predicted octanol–water partition coefficient (Wildman–Crippen LogP) is 3.08. The molecule has 1 aromatic carbocycles. The standard InChI is InChI=1S/C15H16FN5/c1-10(11-3-5-12(16)6-4-11)19-14-15-18-7-8-21(15)9-13(17-2)20-14/h3-10,17H,1-2H3,(H,19,20). The van der Waals surface area contributed by atoms with Crippen LogP contribution in [-0.2, 0) is 0 Å². The van der Waals surface area contributed by atoms with E-state index in [4.69, 9.17) is 0 Å². The quantitative estimate of drug-likeness (QED) is 0.773. The molecule has 0 bridgehead atoms. The number of anilines is 2. The highest BCUT2D eigenvalue weighted by atomic mass is 19.1. The molecule has 2 N–H and O–H groups in total. The summed E-state index contributed by atoms with van der Waals surface area (Å²) in [5.74, 6) is 1.19. The van der Waals surface area contributed by atoms with Gasteiger partial charge in [0, 0.05) is 19.4 Å². The van der Waals surface area contributed by atoms with E-state index in [0.717, 1.165) is 17.0 Å². The molecule has 0 amide bonds. The summed E-state index contributed by atoms with van der Waals surface area (Å²) in [5.41, 5.74) is 1.74. The summed E-state index contributed by atoms with van der Waals surface area (Å²) < 4.78 is 14.9. The zero-order chi connectivity index (χ0) is 14.8. The SMILES string of the molecule is CNc1cn2ccnc2c(NC(C)c2ccc(F)cc2)n1. The zero-order valence-electron chi connectivity index (χ0n) is 11.8. The molecule has 1 atom stereocenters. The first-order valence-corrected chi connectivity index (χ1v) is 6.71. The van der Waals surface area contributed by atoms with Crippen LogP contribution in [0.5, 0.6) is 0 Å². The van der Waals surface area contributed by atoms with Gasteiger partial charge in [-0.25, -0.2) is 14.4 Å². The van der Waals surface area contributed by atoms with E-state index in [2.05, 4.69) is 20.6 Å². The van der Waals surface area contributed by atoms with Gasteiger partial charge in [0.1, 0.15) is 11.6 Å². The molecule has 5 nitrogen and oxygen atoms in total. The van der Waals surface area contributed by atoms with Crippen molar-refractivity contribution in [1.29, 1.82) is 0 Å². The Bertz CT molecular complexity index is 750. The van der Waals surface area contributed by atoms with Crippen LogP contribution in [-0.4, -0.2) is 21.4 Å². The molecule has 21 heavy (non-hydrogen) atoms. The Balaban J connectivity index is 1.93. The van der Waals surface area contributed by atoms with Crippen molar-refractivity contribution in [3.8, 4) is 0 Å². The second kappa shape index (κ2) is 5.40. The van der Waals surface area contributed by atoms with Crippen molar-refractivity contribution in [2.75, 3.05) is 17.7 Å². The van der Waals surface area contributed by atoms with Crippen LogP contribution in [0.3, 0.4) is 0 Å². The molecule has 3 rings (SSSR count). The number of nitrogens with one attached hydrogen (secondary N) is 2. The fraction of sp³-hybridized carbons (Fsp3) is 0.200. The molecule has 0 spiro atoms. The van der Waals surface area contributed by atoms with Gasteiger partial charge >= 0.3 is 0 Å². The topological polar surface area (TPSA) is 54.2 Å². The van der Waals surface area contributed by atoms with E-state index in [-0.39, 0.29) is 11.9 Å². The Morgan fingerprint density at radius 3 is 2.71 bits per heavy atom. The van der Waals surface area contributed by atoms with Gasteiger partial charge in [0.25, 0.3) is 0 Å². The van der Waals surface area contributed by atoms with E-state index in [9.17, 15) is 4.39 Å². The molecule has 0 aliphatic rings. The molecule has 0 fully saturated rings. The number of hydrogen-bond donors (Lipinski definition) is 2. The van der Waals surface area contributed by atoms with E-state index in [1.165, 1.54) is 12.1 Å². The van der Waals surface area contributed by atoms with Gasteiger partial charge in [0.05, 0.1) is 12.2 Å². The van der Waals surface area contributed by atoms with Crippen LogP contribution >= 0.6 is 0 Å². The van der Waals surface area contributed by atoms with Gasteiger partial charge in [-0.15, -0.1) is 0 Å². The van der Waals surface area contributed by atoms with Gasteiger partial charge in [0.2, 0.25) is 0 Å². The number of nitrogens with zero attached hydrogens (tertiary/aromatic N) is 3. The fourth-order valence-electron chi connectivity index (χ4n) is 2.19. The number of benzene rings is 1. The molecule has 0 saturated carbocycles. The lowest BCUT2D eigenvalue weighted by Gasteiger charge is -2.16. The van der Waals surface area contributed by atoms with Crippen LogP contribution in [0.15, 0.2) is 42.9 Å². The third-order valence-corrected chi connectivity index (χ3v) is 3.35. The van der Waals surface area contributed by atoms with Crippen LogP contribution in [0, 0.1) is 5.82 Å². The number of aromatic nitrogens is 3. The van der Waals surface area contributed by atoms with Crippen LogP contribution in [0.1, 0.15) is 18.5 Å². The number of hydrogen-bond acceptors (Lipinski definition) is 4. The first-order chi connectivity index (χ1) is 10.2. The molecule has 2 aromatic heterocycles. The van der Waals surface area contributed by atoms with Crippen LogP contribution in [0.25, 0.3) is 5.65 Å². The minimum Gasteiger partial charge on any atom is -0.372 e. The Hall–Kier alpha value is -2.63. The summed E-state index contributed by atoms with van der Waals surface area (Å²) in [6.45, 7) is 2.00. The Morgan fingerprint density at radius 2 is 2.00 bits per heavy atom. The Labute approximate surface area is 121 Å². The van der Waals surface area contributed by atoms with Crippen LogP contribution in [0.4, 0.5) is 16.0 Å². The van der Waals surface area contributed by atoms with Gasteiger partial charge in [-0.3, -0.25) is 0 Å². The average molecular weight is 285 g/mol. The third kappa shape index (κ3) is 2.65. The molecule has 0 aliphatic carbocycles. The lowest BCUT2D eigenvalue weighted by Crippen LogP contribution is -2.10. The molecule has 3 aromatic rings. The lowest BCUT2D eigenvalue weighted by molar-refractivity contribution is 0.626. The van der Waals surface area contributed by atoms with Gasteiger partial charge in [-0.1, -0.05) is 12.1 Å². The first kappa shape index (κ1) is 13.4. The number of halogens is 1. The molecule has 1 unspecified atom stereocenters. The second-order valence-corrected chi connectivity index (χ2v) is 4.80. The molecular formula is C15H16FN5. The highest BCUT2D eigenvalue weighted by Gasteiger charge is 2.11. The summed E-state index contributed by atoms with van der Waals surface area (Å²) >= 11 is 0. The number of fused-ring (bicyclic) bond motifs is 1. The molecule has 0 aliphatic heterocycles. The van der Waals surface area contributed by atoms with E-state index >= 15 is 0 Å². The van der Waals surface area contributed by atoms with E-state index in [1.807, 2.05) is 30.8 Å². The van der Waals surface area contributed by atoms with Crippen LogP contribution in [0.2, 0.25) is 0 Å². The Morgan fingerprint density at radius 1 is 1.24 bits per heavy atom. The average Bonchev–Trinajstić information content (AvgIpc) is 2.96. The normalized spacial score (nSPS) is 12.3. The van der Waals surface area contributed by atoms with Crippen molar-refractivity contribution in [3.63, 3.8) is 0 Å². The molecule has 108 valence electrons. The summed E-state index contributed by atoms with van der Waals surface area (Å²) in [4.78, 5) is 8.80. The van der Waals surface area contributed by atoms with Crippen molar-refractivity contribution in [2.24, 2.45) is 0 Å². The largest absolute Gasteiger partial charge is 0.372 e. The molecular weight excluding hydrogens is 269 g/mol. The highest BCUT2D eigenvalue weighted by molar-refractivity contribution is 5.65. The predicted molar refractivity (Wildman–Crippen MR) is 81.0 cm³/mol. The number of imidazole rings is 1. The van der Waals surface area contributed by atoms with Gasteiger partial charge in [-0.05, 0) is 24.6 Å². The minimum absolute atomic E-state index is 0.00861. The second-order valence-electron chi connectivity index (χ2n) is 4.80. The van der Waals surface area contributed by atoms with E-state index in [1.54, 1.807) is 18.3 Å². The maximum absolute atomic E-state index is 13.0. The highest BCUT2D eigenvalue weighted by Crippen LogP contribution is 2.22. The minimum atomic E-state index is -0.239. The van der Waals surface area contributed by atoms with Crippen LogP contribution < -0.4 is 10.6 Å². The van der Waals surface area contributed by atoms with Crippen molar-refractivity contribution in [3.05, 3.63) is 54.2 Å². The summed E-state index contributed by atoms with van der Waals surface area (Å²) in [6, 6.07) is 6.42. The molecule has 0 radical (unpaired) electrons. The van der Waals surface area contributed by atoms with E-state index in [0.29, 0.717) is 5.82 Å². The van der Waals surface area contributed by atoms with Gasteiger partial charge < -0.3 is 15.0 Å². The smallest absolute Gasteiger partial charge is 0.180 e. The van der Waals surface area contributed by atoms with Crippen molar-refractivity contribution in [1.82, 2.24) is 14.4 Å². The lowest BCUT2D eigenvalue weighted by atomic mass is 10.1. The number of rotatable bonds is 4. The zero-order valence-corrected chi connectivity index (χ0v) is 11.8. The molecule has 2 heterocycles. The maximum Gasteiger partial charge on any atom is 0.180 e. The first-order valence-electron chi connectivity index (χ1n) is 6.71. The van der Waals surface area contributed by atoms with Crippen molar-refractivity contribution in [2.45, 2.75) is 13.0 Å². The summed E-state index contributed by atoms with van der Waals surface area (Å²) in [7, 11) is 1.82. The summed E-state index contributed by atoms with van der Waals surface area (Å²) in [6.07, 6.45) is 5.46. The maximum atomic E-state index is 13.0. The third-order valence-electron chi connectivity index (χ3n) is 3.35.